The second-order valence-electron chi connectivity index (χ2n) is 9.11. The van der Waals surface area contributed by atoms with Gasteiger partial charge in [0.2, 0.25) is 0 Å². The van der Waals surface area contributed by atoms with E-state index in [4.69, 9.17) is 9.72 Å². The number of pyridine rings is 1. The number of nitrogens with one attached hydrogen (secondary N) is 1. The fraction of sp³-hybridized carbons (Fsp3) is 0.207. The van der Waals surface area contributed by atoms with Crippen LogP contribution in [0, 0.1) is 27.7 Å². The Morgan fingerprint density at radius 1 is 0.919 bits per heavy atom. The Bertz CT molecular complexity index is 1610. The van der Waals surface area contributed by atoms with Crippen LogP contribution in [-0.2, 0) is 4.74 Å². The molecule has 0 aliphatic rings. The van der Waals surface area contributed by atoms with E-state index in [0.29, 0.717) is 17.5 Å². The molecule has 0 amide bonds. The van der Waals surface area contributed by atoms with Gasteiger partial charge in [-0.05, 0) is 70.0 Å². The number of carbonyl (C=O) groups excluding carboxylic acids is 1. The zero-order chi connectivity index (χ0) is 26.1. The first-order valence-electron chi connectivity index (χ1n) is 12.2. The Hall–Kier alpha value is -4.59. The maximum atomic E-state index is 12.8. The van der Waals surface area contributed by atoms with E-state index < -0.39 is 5.97 Å². The van der Waals surface area contributed by atoms with E-state index >= 15 is 0 Å². The predicted molar refractivity (Wildman–Crippen MR) is 145 cm³/mol. The second kappa shape index (κ2) is 9.81. The summed E-state index contributed by atoms with van der Waals surface area (Å²) >= 11 is 0. The lowest BCUT2D eigenvalue weighted by atomic mass is 10.0. The highest BCUT2D eigenvalue weighted by atomic mass is 16.5. The molecule has 1 N–H and O–H groups in total. The molecule has 0 atom stereocenters. The number of hydrogen-bond donors (Lipinski definition) is 1. The molecule has 0 radical (unpaired) electrons. The van der Waals surface area contributed by atoms with Crippen LogP contribution in [-0.4, -0.2) is 37.5 Å². The minimum atomic E-state index is -0.482. The number of benzene rings is 2. The maximum Gasteiger partial charge on any atom is 0.343 e. The molecule has 3 heterocycles. The van der Waals surface area contributed by atoms with Crippen molar-refractivity contribution in [3.05, 3.63) is 88.6 Å². The van der Waals surface area contributed by atoms with Crippen LogP contribution in [0.5, 0.6) is 0 Å². The third-order valence-electron chi connectivity index (χ3n) is 6.18. The first-order valence-corrected chi connectivity index (χ1v) is 12.2. The Kier molecular flexibility index (Phi) is 6.40. The van der Waals surface area contributed by atoms with E-state index in [0.717, 1.165) is 33.3 Å². The van der Waals surface area contributed by atoms with E-state index in [1.807, 2.05) is 63.2 Å². The van der Waals surface area contributed by atoms with Gasteiger partial charge in [0.1, 0.15) is 5.56 Å². The second-order valence-corrected chi connectivity index (χ2v) is 9.11. The zero-order valence-corrected chi connectivity index (χ0v) is 21.5. The van der Waals surface area contributed by atoms with E-state index in [1.54, 1.807) is 11.6 Å². The zero-order valence-electron chi connectivity index (χ0n) is 21.5. The lowest BCUT2D eigenvalue weighted by molar-refractivity contribution is 0.0527. The fourth-order valence-electron chi connectivity index (χ4n) is 4.33. The highest BCUT2D eigenvalue weighted by molar-refractivity contribution is 5.96. The molecule has 0 saturated carbocycles. The molecule has 0 spiro atoms. The highest BCUT2D eigenvalue weighted by Crippen LogP contribution is 2.28. The number of rotatable bonds is 6. The average Bonchev–Trinajstić information content (AvgIpc) is 3.29. The largest absolute Gasteiger partial charge is 0.462 e. The van der Waals surface area contributed by atoms with Gasteiger partial charge in [0.05, 0.1) is 24.0 Å². The third kappa shape index (κ3) is 4.78. The summed E-state index contributed by atoms with van der Waals surface area (Å²) in [7, 11) is 0. The SMILES string of the molecule is CCOC(=O)c1cnn(-c2cc(C)c3cc(C)cc(C)c3n2)c1Nc1ccc(-c2ccc(C)cc2)nn1. The van der Waals surface area contributed by atoms with E-state index in [-0.39, 0.29) is 12.2 Å². The van der Waals surface area contributed by atoms with Crippen LogP contribution in [0.25, 0.3) is 28.0 Å². The lowest BCUT2D eigenvalue weighted by Gasteiger charge is -2.13. The number of anilines is 2. The molecular weight excluding hydrogens is 464 g/mol. The molecular formula is C29H28N6O2. The molecule has 0 fully saturated rings. The summed E-state index contributed by atoms with van der Waals surface area (Å²) in [6, 6.07) is 18.0. The molecule has 3 aromatic heterocycles. The number of ether oxygens (including phenoxy) is 1. The quantitative estimate of drug-likeness (QED) is 0.289. The van der Waals surface area contributed by atoms with Crippen molar-refractivity contribution in [1.82, 2.24) is 25.0 Å². The van der Waals surface area contributed by atoms with Gasteiger partial charge in [-0.1, -0.05) is 41.5 Å². The van der Waals surface area contributed by atoms with Gasteiger partial charge in [-0.2, -0.15) is 9.78 Å². The number of aryl methyl sites for hydroxylation is 4. The molecule has 2 aromatic carbocycles. The van der Waals surface area contributed by atoms with Crippen molar-refractivity contribution in [3.8, 4) is 17.1 Å². The molecule has 186 valence electrons. The molecule has 0 bridgehead atoms. The summed E-state index contributed by atoms with van der Waals surface area (Å²) in [4.78, 5) is 17.7. The van der Waals surface area contributed by atoms with Gasteiger partial charge in [-0.3, -0.25) is 0 Å². The van der Waals surface area contributed by atoms with Crippen LogP contribution in [0.1, 0.15) is 39.5 Å². The molecule has 0 aliphatic carbocycles. The van der Waals surface area contributed by atoms with Gasteiger partial charge < -0.3 is 10.1 Å². The lowest BCUT2D eigenvalue weighted by Crippen LogP contribution is -2.11. The van der Waals surface area contributed by atoms with Gasteiger partial charge in [0.15, 0.2) is 17.5 Å². The smallest absolute Gasteiger partial charge is 0.343 e. The van der Waals surface area contributed by atoms with E-state index in [9.17, 15) is 4.79 Å². The Morgan fingerprint density at radius 3 is 2.41 bits per heavy atom. The van der Waals surface area contributed by atoms with Crippen LogP contribution in [0.2, 0.25) is 0 Å². The first kappa shape index (κ1) is 24.1. The summed E-state index contributed by atoms with van der Waals surface area (Å²) in [6.07, 6.45) is 1.48. The molecule has 5 rings (SSSR count). The predicted octanol–water partition coefficient (Wildman–Crippen LogP) is 6.03. The van der Waals surface area contributed by atoms with Gasteiger partial charge >= 0.3 is 5.97 Å². The standard InChI is InChI=1S/C29H28N6O2/c1-6-37-29(36)23-16-30-35(26-15-19(4)22-14-18(3)13-20(5)27(22)32-26)28(23)31-25-12-11-24(33-34-25)21-9-7-17(2)8-10-21/h7-16H,6H2,1-5H3,(H,31,34). The Balaban J connectivity index is 1.57. The van der Waals surface area contributed by atoms with Crippen molar-refractivity contribution < 1.29 is 9.53 Å². The topological polar surface area (TPSA) is 94.8 Å². The Labute approximate surface area is 215 Å². The molecule has 0 saturated heterocycles. The van der Waals surface area contributed by atoms with Crippen molar-refractivity contribution in [2.45, 2.75) is 34.6 Å². The molecule has 37 heavy (non-hydrogen) atoms. The van der Waals surface area contributed by atoms with Crippen molar-refractivity contribution in [2.24, 2.45) is 0 Å². The van der Waals surface area contributed by atoms with Gasteiger partial charge in [-0.25, -0.2) is 9.78 Å². The summed E-state index contributed by atoms with van der Waals surface area (Å²) in [5.74, 6) is 0.975. The molecule has 8 nitrogen and oxygen atoms in total. The molecule has 0 aliphatic heterocycles. The van der Waals surface area contributed by atoms with Crippen molar-refractivity contribution in [3.63, 3.8) is 0 Å². The number of carbonyl (C=O) groups is 1. The van der Waals surface area contributed by atoms with Crippen LogP contribution < -0.4 is 5.32 Å². The maximum absolute atomic E-state index is 12.8. The first-order chi connectivity index (χ1) is 17.8. The monoisotopic (exact) mass is 492 g/mol. The summed E-state index contributed by atoms with van der Waals surface area (Å²) in [6.45, 7) is 10.2. The fourth-order valence-corrected chi connectivity index (χ4v) is 4.33. The van der Waals surface area contributed by atoms with Crippen LogP contribution in [0.3, 0.4) is 0 Å². The van der Waals surface area contributed by atoms with Crippen molar-refractivity contribution in [2.75, 3.05) is 11.9 Å². The number of esters is 1. The highest BCUT2D eigenvalue weighted by Gasteiger charge is 2.22. The minimum absolute atomic E-state index is 0.250. The van der Waals surface area contributed by atoms with Gasteiger partial charge in [0.25, 0.3) is 0 Å². The number of aromatic nitrogens is 5. The van der Waals surface area contributed by atoms with Crippen molar-refractivity contribution >= 4 is 28.5 Å². The van der Waals surface area contributed by atoms with E-state index in [2.05, 4.69) is 39.7 Å². The summed E-state index contributed by atoms with van der Waals surface area (Å²) in [5.41, 5.74) is 7.40. The third-order valence-corrected chi connectivity index (χ3v) is 6.18. The molecule has 8 heteroatoms. The number of nitrogens with zero attached hydrogens (tertiary/aromatic N) is 5. The van der Waals surface area contributed by atoms with Gasteiger partial charge in [-0.15, -0.1) is 10.2 Å². The van der Waals surface area contributed by atoms with E-state index in [1.165, 1.54) is 17.3 Å². The van der Waals surface area contributed by atoms with Gasteiger partial charge in [0, 0.05) is 10.9 Å². The number of fused-ring (bicyclic) bond motifs is 1. The number of hydrogen-bond acceptors (Lipinski definition) is 7. The normalized spacial score (nSPS) is 11.1. The molecule has 5 aromatic rings. The summed E-state index contributed by atoms with van der Waals surface area (Å²) in [5, 5.41) is 17.5. The van der Waals surface area contributed by atoms with Crippen LogP contribution in [0.4, 0.5) is 11.6 Å². The molecule has 0 unspecified atom stereocenters. The summed E-state index contributed by atoms with van der Waals surface area (Å²) < 4.78 is 6.88. The van der Waals surface area contributed by atoms with Crippen molar-refractivity contribution in [1.29, 1.82) is 0 Å². The minimum Gasteiger partial charge on any atom is -0.462 e. The van der Waals surface area contributed by atoms with Crippen LogP contribution >= 0.6 is 0 Å². The van der Waals surface area contributed by atoms with Crippen LogP contribution in [0.15, 0.2) is 60.8 Å². The Morgan fingerprint density at radius 2 is 1.70 bits per heavy atom. The average molecular weight is 493 g/mol.